The van der Waals surface area contributed by atoms with Gasteiger partial charge in [-0.05, 0) is 6.08 Å². The Morgan fingerprint density at radius 2 is 2.55 bits per heavy atom. The van der Waals surface area contributed by atoms with Crippen LogP contribution in [0.5, 0.6) is 0 Å². The second-order valence-electron chi connectivity index (χ2n) is 4.39. The highest BCUT2D eigenvalue weighted by atomic mass is 32.2. The fraction of sp³-hybridized carbons (Fsp3) is 0.400. The van der Waals surface area contributed by atoms with E-state index in [1.165, 1.54) is 34.5 Å². The Hall–Kier alpha value is -1.52. The van der Waals surface area contributed by atoms with Crippen LogP contribution < -0.4 is 5.73 Å². The minimum atomic E-state index is -1.10. The fourth-order valence-electron chi connectivity index (χ4n) is 2.15. The van der Waals surface area contributed by atoms with Crippen LogP contribution in [0.2, 0.25) is 0 Å². The summed E-state index contributed by atoms with van der Waals surface area (Å²) in [5.74, 6) is -0.600. The van der Waals surface area contributed by atoms with Gasteiger partial charge in [0.1, 0.15) is 21.6 Å². The lowest BCUT2D eigenvalue weighted by Crippen LogP contribution is -2.78. The maximum Gasteiger partial charge on any atom is 0.352 e. The highest BCUT2D eigenvalue weighted by molar-refractivity contribution is 8.01. The SMILES string of the molecule is N[C@]1(CSc2cn[nH]n2)C(=O)N2C(C(=O)O)=CCS[C@H]21. The smallest absolute Gasteiger partial charge is 0.352 e. The van der Waals surface area contributed by atoms with Crippen molar-refractivity contribution in [3.63, 3.8) is 0 Å². The molecule has 0 radical (unpaired) electrons. The largest absolute Gasteiger partial charge is 0.477 e. The maximum atomic E-state index is 12.2. The Morgan fingerprint density at radius 1 is 1.75 bits per heavy atom. The van der Waals surface area contributed by atoms with Crippen LogP contribution in [-0.2, 0) is 9.59 Å². The molecule has 0 aromatic carbocycles. The van der Waals surface area contributed by atoms with Gasteiger partial charge in [-0.2, -0.15) is 10.3 Å². The van der Waals surface area contributed by atoms with Crippen LogP contribution in [-0.4, -0.2) is 59.7 Å². The number of carboxylic acid groups (broad SMARTS) is 1. The van der Waals surface area contributed by atoms with Crippen molar-refractivity contribution in [1.29, 1.82) is 0 Å². The third-order valence-electron chi connectivity index (χ3n) is 3.15. The summed E-state index contributed by atoms with van der Waals surface area (Å²) in [6, 6.07) is 0. The molecule has 106 valence electrons. The van der Waals surface area contributed by atoms with Gasteiger partial charge in [0, 0.05) is 11.5 Å². The molecule has 1 fully saturated rings. The molecule has 1 aromatic heterocycles. The van der Waals surface area contributed by atoms with E-state index in [0.717, 1.165) is 0 Å². The van der Waals surface area contributed by atoms with Crippen LogP contribution in [0.1, 0.15) is 0 Å². The number of carbonyl (C=O) groups is 2. The number of amides is 1. The zero-order chi connectivity index (χ0) is 14.3. The van der Waals surface area contributed by atoms with E-state index < -0.39 is 11.5 Å². The third kappa shape index (κ3) is 1.91. The molecular weight excluding hydrogens is 302 g/mol. The minimum absolute atomic E-state index is 0.0197. The lowest BCUT2D eigenvalue weighted by atomic mass is 9.90. The first kappa shape index (κ1) is 13.5. The summed E-state index contributed by atoms with van der Waals surface area (Å²) in [7, 11) is 0. The quantitative estimate of drug-likeness (QED) is 0.501. The number of β-lactam (4-membered cyclic amide) rings is 1. The molecule has 3 rings (SSSR count). The van der Waals surface area contributed by atoms with Gasteiger partial charge in [-0.25, -0.2) is 4.79 Å². The van der Waals surface area contributed by atoms with E-state index in [0.29, 0.717) is 16.5 Å². The average molecular weight is 313 g/mol. The highest BCUT2D eigenvalue weighted by Gasteiger charge is 2.61. The van der Waals surface area contributed by atoms with Crippen LogP contribution in [0, 0.1) is 0 Å². The molecule has 2 aliphatic rings. The second-order valence-corrected chi connectivity index (χ2v) is 6.50. The zero-order valence-corrected chi connectivity index (χ0v) is 11.8. The molecule has 1 amide bonds. The number of H-pyrrole nitrogens is 1. The minimum Gasteiger partial charge on any atom is -0.477 e. The molecule has 3 heterocycles. The van der Waals surface area contributed by atoms with E-state index >= 15 is 0 Å². The van der Waals surface area contributed by atoms with E-state index in [4.69, 9.17) is 10.8 Å². The van der Waals surface area contributed by atoms with Gasteiger partial charge in [-0.1, -0.05) is 0 Å². The first-order chi connectivity index (χ1) is 9.54. The Bertz CT molecular complexity index is 590. The molecule has 20 heavy (non-hydrogen) atoms. The monoisotopic (exact) mass is 313 g/mol. The summed E-state index contributed by atoms with van der Waals surface area (Å²) >= 11 is 2.79. The van der Waals surface area contributed by atoms with Crippen molar-refractivity contribution < 1.29 is 14.7 Å². The summed E-state index contributed by atoms with van der Waals surface area (Å²) in [4.78, 5) is 24.6. The first-order valence-electron chi connectivity index (χ1n) is 5.70. The van der Waals surface area contributed by atoms with Crippen LogP contribution in [0.3, 0.4) is 0 Å². The molecule has 2 aliphatic heterocycles. The summed E-state index contributed by atoms with van der Waals surface area (Å²) in [6.07, 6.45) is 3.08. The van der Waals surface area contributed by atoms with Gasteiger partial charge in [0.25, 0.3) is 5.91 Å². The van der Waals surface area contributed by atoms with Gasteiger partial charge in [0.15, 0.2) is 0 Å². The summed E-state index contributed by atoms with van der Waals surface area (Å²) in [5.41, 5.74) is 5.12. The number of thioether (sulfide) groups is 2. The molecule has 0 spiro atoms. The molecule has 1 saturated heterocycles. The van der Waals surface area contributed by atoms with Gasteiger partial charge in [0.2, 0.25) is 0 Å². The summed E-state index contributed by atoms with van der Waals surface area (Å²) < 4.78 is 0. The molecule has 10 heteroatoms. The summed E-state index contributed by atoms with van der Waals surface area (Å²) in [6.45, 7) is 0. The fourth-order valence-corrected chi connectivity index (χ4v) is 4.44. The van der Waals surface area contributed by atoms with E-state index in [1.807, 2.05) is 0 Å². The van der Waals surface area contributed by atoms with Crippen molar-refractivity contribution in [3.8, 4) is 0 Å². The van der Waals surface area contributed by atoms with Crippen LogP contribution in [0.4, 0.5) is 0 Å². The molecule has 1 aromatic rings. The first-order valence-corrected chi connectivity index (χ1v) is 7.73. The third-order valence-corrected chi connectivity index (χ3v) is 5.57. The van der Waals surface area contributed by atoms with Crippen LogP contribution in [0.25, 0.3) is 0 Å². The summed E-state index contributed by atoms with van der Waals surface area (Å²) in [5, 5.41) is 19.4. The van der Waals surface area contributed by atoms with E-state index in [-0.39, 0.29) is 17.0 Å². The van der Waals surface area contributed by atoms with E-state index in [1.54, 1.807) is 6.20 Å². The number of nitrogens with zero attached hydrogens (tertiary/aromatic N) is 3. The number of carbonyl (C=O) groups excluding carboxylic acids is 1. The molecule has 2 atom stereocenters. The normalized spacial score (nSPS) is 28.6. The standard InChI is InChI=1S/C10H11N5O3S2/c11-10(4-20-6-3-12-14-13-6)8(18)15-5(7(16)17)1-2-19-9(10)15/h1,3,9H,2,4,11H2,(H,16,17)(H,12,13,14)/t9-,10+/m0/s1. The number of aliphatic carboxylic acids is 1. The van der Waals surface area contributed by atoms with Crippen molar-refractivity contribution in [2.75, 3.05) is 11.5 Å². The van der Waals surface area contributed by atoms with Gasteiger partial charge < -0.3 is 10.8 Å². The maximum absolute atomic E-state index is 12.2. The molecule has 0 aliphatic carbocycles. The molecule has 4 N–H and O–H groups in total. The molecule has 0 saturated carbocycles. The molecule has 8 nitrogen and oxygen atoms in total. The lowest BCUT2D eigenvalue weighted by molar-refractivity contribution is -0.153. The Labute approximate surface area is 122 Å². The van der Waals surface area contributed by atoms with Gasteiger partial charge >= 0.3 is 5.97 Å². The number of fused-ring (bicyclic) bond motifs is 1. The predicted octanol–water partition coefficient (Wildman–Crippen LogP) is -0.522. The predicted molar refractivity (Wildman–Crippen MR) is 72.8 cm³/mol. The number of hydrogen-bond donors (Lipinski definition) is 3. The van der Waals surface area contributed by atoms with Gasteiger partial charge in [-0.3, -0.25) is 9.69 Å². The highest BCUT2D eigenvalue weighted by Crippen LogP contribution is 2.44. The molecule has 0 unspecified atom stereocenters. The number of hydrogen-bond acceptors (Lipinski definition) is 7. The van der Waals surface area contributed by atoms with Crippen molar-refractivity contribution >= 4 is 35.4 Å². The number of rotatable bonds is 4. The Kier molecular flexibility index (Phi) is 3.22. The van der Waals surface area contributed by atoms with Gasteiger partial charge in [-0.15, -0.1) is 28.6 Å². The van der Waals surface area contributed by atoms with Crippen molar-refractivity contribution in [2.24, 2.45) is 5.73 Å². The number of carboxylic acids is 1. The second kappa shape index (κ2) is 4.79. The molecular formula is C10H11N5O3S2. The lowest BCUT2D eigenvalue weighted by Gasteiger charge is -2.54. The van der Waals surface area contributed by atoms with Gasteiger partial charge in [0.05, 0.1) is 6.20 Å². The van der Waals surface area contributed by atoms with Crippen molar-refractivity contribution in [3.05, 3.63) is 18.0 Å². The Morgan fingerprint density at radius 3 is 3.20 bits per heavy atom. The van der Waals surface area contributed by atoms with E-state index in [2.05, 4.69) is 15.4 Å². The number of aromatic amines is 1. The zero-order valence-electron chi connectivity index (χ0n) is 10.1. The van der Waals surface area contributed by atoms with Crippen molar-refractivity contribution in [1.82, 2.24) is 20.3 Å². The van der Waals surface area contributed by atoms with Crippen LogP contribution in [0.15, 0.2) is 23.0 Å². The topological polar surface area (TPSA) is 125 Å². The number of nitrogens with one attached hydrogen (secondary N) is 1. The Balaban J connectivity index is 1.75. The molecule has 0 bridgehead atoms. The number of aromatic nitrogens is 3. The average Bonchev–Trinajstić information content (AvgIpc) is 2.96. The van der Waals surface area contributed by atoms with Crippen LogP contribution >= 0.6 is 23.5 Å². The van der Waals surface area contributed by atoms with E-state index in [9.17, 15) is 9.59 Å². The van der Waals surface area contributed by atoms with Crippen molar-refractivity contribution in [2.45, 2.75) is 15.9 Å². The number of nitrogens with two attached hydrogens (primary N) is 1.